The molecule has 1 aromatic carbocycles. The lowest BCUT2D eigenvalue weighted by molar-refractivity contribution is -0.222. The summed E-state index contributed by atoms with van der Waals surface area (Å²) in [6.07, 6.45) is 1.26. The van der Waals surface area contributed by atoms with E-state index < -0.39 is 17.7 Å². The molecule has 0 spiro atoms. The molecule has 1 fully saturated rings. The van der Waals surface area contributed by atoms with Crippen molar-refractivity contribution >= 4 is 17.6 Å². The normalized spacial score (nSPS) is 16.9. The highest BCUT2D eigenvalue weighted by Crippen LogP contribution is 2.27. The fourth-order valence-electron chi connectivity index (χ4n) is 1.85. The van der Waals surface area contributed by atoms with E-state index in [0.29, 0.717) is 11.4 Å². The maximum Gasteiger partial charge on any atom is 0.350 e. The Bertz CT molecular complexity index is 596. The van der Waals surface area contributed by atoms with Crippen LogP contribution in [0.25, 0.3) is 0 Å². The third kappa shape index (κ3) is 3.34. The molecule has 1 heterocycles. The van der Waals surface area contributed by atoms with Gasteiger partial charge in [-0.2, -0.15) is 0 Å². The number of ether oxygens (including phenoxy) is 3. The minimum atomic E-state index is -1.24. The number of cyclic esters (lactones) is 2. The van der Waals surface area contributed by atoms with Crippen molar-refractivity contribution in [2.45, 2.75) is 26.6 Å². The average Bonchev–Trinajstić information content (AvgIpc) is 2.37. The number of anilines is 1. The zero-order chi connectivity index (χ0) is 15.6. The van der Waals surface area contributed by atoms with E-state index in [9.17, 15) is 9.59 Å². The molecule has 6 nitrogen and oxygen atoms in total. The largest absolute Gasteiger partial charge is 0.495 e. The van der Waals surface area contributed by atoms with Crippen molar-refractivity contribution in [2.24, 2.45) is 0 Å². The molecule has 0 bridgehead atoms. The Kier molecular flexibility index (Phi) is 3.88. The smallest absolute Gasteiger partial charge is 0.350 e. The first-order valence-electron chi connectivity index (χ1n) is 6.40. The molecule has 0 unspecified atom stereocenters. The van der Waals surface area contributed by atoms with E-state index in [1.54, 1.807) is 13.2 Å². The molecule has 6 heteroatoms. The summed E-state index contributed by atoms with van der Waals surface area (Å²) < 4.78 is 15.2. The van der Waals surface area contributed by atoms with E-state index in [1.165, 1.54) is 20.0 Å². The number of carbonyl (C=O) groups excluding carboxylic acids is 2. The number of hydrogen-bond donors (Lipinski definition) is 1. The second-order valence-electron chi connectivity index (χ2n) is 5.08. The number of nitrogens with one attached hydrogen (secondary N) is 1. The number of esters is 2. The Labute approximate surface area is 122 Å². The van der Waals surface area contributed by atoms with Crippen LogP contribution in [0.5, 0.6) is 5.75 Å². The van der Waals surface area contributed by atoms with Gasteiger partial charge in [0.25, 0.3) is 5.79 Å². The van der Waals surface area contributed by atoms with Crippen LogP contribution in [0.4, 0.5) is 5.69 Å². The van der Waals surface area contributed by atoms with Crippen LogP contribution in [0.1, 0.15) is 19.4 Å². The van der Waals surface area contributed by atoms with Gasteiger partial charge in [-0.05, 0) is 24.6 Å². The van der Waals surface area contributed by atoms with Gasteiger partial charge in [-0.3, -0.25) is 0 Å². The van der Waals surface area contributed by atoms with Crippen molar-refractivity contribution in [1.29, 1.82) is 0 Å². The molecule has 0 radical (unpaired) electrons. The third-order valence-corrected chi connectivity index (χ3v) is 2.85. The van der Waals surface area contributed by atoms with Crippen molar-refractivity contribution in [3.05, 3.63) is 35.5 Å². The molecular weight excluding hydrogens is 274 g/mol. The quantitative estimate of drug-likeness (QED) is 0.522. The fraction of sp³-hybridized carbons (Fsp3) is 0.333. The molecule has 0 atom stereocenters. The van der Waals surface area contributed by atoms with Crippen molar-refractivity contribution < 1.29 is 23.8 Å². The Hall–Kier alpha value is -2.50. The predicted molar refractivity (Wildman–Crippen MR) is 75.7 cm³/mol. The van der Waals surface area contributed by atoms with Crippen LogP contribution in [-0.4, -0.2) is 24.8 Å². The summed E-state index contributed by atoms with van der Waals surface area (Å²) >= 11 is 0. The van der Waals surface area contributed by atoms with Gasteiger partial charge in [-0.25, -0.2) is 9.59 Å². The van der Waals surface area contributed by atoms with E-state index >= 15 is 0 Å². The maximum atomic E-state index is 11.8. The summed E-state index contributed by atoms with van der Waals surface area (Å²) in [5.41, 5.74) is 1.46. The maximum absolute atomic E-state index is 11.8. The summed E-state index contributed by atoms with van der Waals surface area (Å²) in [5.74, 6) is -2.10. The van der Waals surface area contributed by atoms with Crippen LogP contribution in [0, 0.1) is 6.92 Å². The number of benzene rings is 1. The van der Waals surface area contributed by atoms with Gasteiger partial charge in [0.15, 0.2) is 5.57 Å². The minimum Gasteiger partial charge on any atom is -0.495 e. The predicted octanol–water partition coefficient (Wildman–Crippen LogP) is 2.14. The van der Waals surface area contributed by atoms with Gasteiger partial charge >= 0.3 is 11.9 Å². The number of rotatable bonds is 3. The van der Waals surface area contributed by atoms with E-state index in [1.807, 2.05) is 19.1 Å². The van der Waals surface area contributed by atoms with Crippen LogP contribution >= 0.6 is 0 Å². The lowest BCUT2D eigenvalue weighted by atomic mass is 10.2. The highest BCUT2D eigenvalue weighted by atomic mass is 16.7. The molecule has 112 valence electrons. The minimum absolute atomic E-state index is 0.197. The van der Waals surface area contributed by atoms with Crippen LogP contribution in [0.3, 0.4) is 0 Å². The molecule has 21 heavy (non-hydrogen) atoms. The molecule has 0 aliphatic carbocycles. The summed E-state index contributed by atoms with van der Waals surface area (Å²) in [7, 11) is 1.54. The Morgan fingerprint density at radius 1 is 1.19 bits per heavy atom. The first-order chi connectivity index (χ1) is 9.82. The van der Waals surface area contributed by atoms with Crippen molar-refractivity contribution in [1.82, 2.24) is 0 Å². The van der Waals surface area contributed by atoms with Gasteiger partial charge in [0.05, 0.1) is 12.8 Å². The molecule has 0 amide bonds. The zero-order valence-electron chi connectivity index (χ0n) is 12.4. The van der Waals surface area contributed by atoms with E-state index in [-0.39, 0.29) is 5.57 Å². The second kappa shape index (κ2) is 5.47. The lowest BCUT2D eigenvalue weighted by Crippen LogP contribution is -2.42. The third-order valence-electron chi connectivity index (χ3n) is 2.85. The first kappa shape index (κ1) is 14.9. The van der Waals surface area contributed by atoms with Crippen molar-refractivity contribution in [3.63, 3.8) is 0 Å². The second-order valence-corrected chi connectivity index (χ2v) is 5.08. The van der Waals surface area contributed by atoms with Crippen LogP contribution < -0.4 is 10.1 Å². The van der Waals surface area contributed by atoms with E-state index in [2.05, 4.69) is 5.32 Å². The lowest BCUT2D eigenvalue weighted by Gasteiger charge is -2.29. The van der Waals surface area contributed by atoms with Gasteiger partial charge in [0.2, 0.25) is 0 Å². The summed E-state index contributed by atoms with van der Waals surface area (Å²) in [5, 5.41) is 2.86. The topological polar surface area (TPSA) is 73.9 Å². The van der Waals surface area contributed by atoms with Gasteiger partial charge in [-0.1, -0.05) is 6.07 Å². The Morgan fingerprint density at radius 2 is 1.81 bits per heavy atom. The van der Waals surface area contributed by atoms with Gasteiger partial charge in [-0.15, -0.1) is 0 Å². The van der Waals surface area contributed by atoms with Crippen LogP contribution in [-0.2, 0) is 19.1 Å². The van der Waals surface area contributed by atoms with Crippen LogP contribution in [0.15, 0.2) is 30.0 Å². The first-order valence-corrected chi connectivity index (χ1v) is 6.40. The van der Waals surface area contributed by atoms with Gasteiger partial charge in [0, 0.05) is 20.0 Å². The molecule has 1 aliphatic rings. The zero-order valence-corrected chi connectivity index (χ0v) is 12.4. The average molecular weight is 291 g/mol. The fourth-order valence-corrected chi connectivity index (χ4v) is 1.85. The highest BCUT2D eigenvalue weighted by molar-refractivity contribution is 6.15. The molecule has 2 rings (SSSR count). The van der Waals surface area contributed by atoms with E-state index in [4.69, 9.17) is 14.2 Å². The molecule has 1 N–H and O–H groups in total. The Morgan fingerprint density at radius 3 is 2.38 bits per heavy atom. The summed E-state index contributed by atoms with van der Waals surface area (Å²) in [6.45, 7) is 4.93. The highest BCUT2D eigenvalue weighted by Gasteiger charge is 2.38. The van der Waals surface area contributed by atoms with Crippen LogP contribution in [0.2, 0.25) is 0 Å². The number of hydrogen-bond acceptors (Lipinski definition) is 6. The van der Waals surface area contributed by atoms with Crippen molar-refractivity contribution in [2.75, 3.05) is 12.4 Å². The van der Waals surface area contributed by atoms with Gasteiger partial charge < -0.3 is 19.5 Å². The SMILES string of the molecule is COc1cc(C)ccc1NC=C1C(=O)OC(C)(C)OC1=O. The van der Waals surface area contributed by atoms with Crippen molar-refractivity contribution in [3.8, 4) is 5.75 Å². The van der Waals surface area contributed by atoms with E-state index in [0.717, 1.165) is 5.56 Å². The summed E-state index contributed by atoms with van der Waals surface area (Å²) in [4.78, 5) is 23.6. The van der Waals surface area contributed by atoms with Gasteiger partial charge in [0.1, 0.15) is 5.75 Å². The molecular formula is C15H17NO5. The monoisotopic (exact) mass is 291 g/mol. The molecule has 1 aliphatic heterocycles. The molecule has 1 aromatic rings. The molecule has 0 aromatic heterocycles. The number of carbonyl (C=O) groups is 2. The summed E-state index contributed by atoms with van der Waals surface area (Å²) in [6, 6.07) is 5.50. The molecule has 1 saturated heterocycles. The number of aryl methyl sites for hydroxylation is 1. The molecule has 0 saturated carbocycles. The number of methoxy groups -OCH3 is 1. The standard InChI is InChI=1S/C15H17NO5/c1-9-5-6-11(12(7-9)19-4)16-8-10-13(17)20-15(2,3)21-14(10)18/h5-8,16H,1-4H3. The Balaban J connectivity index is 2.22.